The summed E-state index contributed by atoms with van der Waals surface area (Å²) in [5, 5.41) is 6.37. The molecule has 0 aliphatic carbocycles. The number of nitrogens with one attached hydrogen (secondary N) is 2. The average molecular weight is 262 g/mol. The summed E-state index contributed by atoms with van der Waals surface area (Å²) in [6.07, 6.45) is 2.94. The second kappa shape index (κ2) is 8.70. The fourth-order valence-corrected chi connectivity index (χ4v) is 2.17. The van der Waals surface area contributed by atoms with E-state index in [-0.39, 0.29) is 11.9 Å². The molecule has 0 spiro atoms. The van der Waals surface area contributed by atoms with Crippen LogP contribution in [0.1, 0.15) is 51.6 Å². The van der Waals surface area contributed by atoms with Gasteiger partial charge in [-0.1, -0.05) is 51.1 Å². The van der Waals surface area contributed by atoms with Gasteiger partial charge in [-0.25, -0.2) is 0 Å². The van der Waals surface area contributed by atoms with E-state index in [9.17, 15) is 4.79 Å². The van der Waals surface area contributed by atoms with E-state index in [0.29, 0.717) is 12.6 Å². The standard InChI is InChI=1S/C16H26N2O/c1-4-14(5-2)18-16(19)12-17-15(6-3)13-10-8-7-9-11-13/h7-11,14-15,17H,4-6,12H2,1-3H3,(H,18,19). The van der Waals surface area contributed by atoms with Crippen molar-refractivity contribution in [1.82, 2.24) is 10.6 Å². The van der Waals surface area contributed by atoms with Crippen LogP contribution in [0.5, 0.6) is 0 Å². The van der Waals surface area contributed by atoms with Crippen LogP contribution >= 0.6 is 0 Å². The molecule has 0 aliphatic heterocycles. The molecule has 0 fully saturated rings. The van der Waals surface area contributed by atoms with Crippen LogP contribution in [-0.2, 0) is 4.79 Å². The summed E-state index contributed by atoms with van der Waals surface area (Å²) in [4.78, 5) is 11.8. The van der Waals surface area contributed by atoms with Crippen LogP contribution in [0.3, 0.4) is 0 Å². The van der Waals surface area contributed by atoms with E-state index in [1.54, 1.807) is 0 Å². The van der Waals surface area contributed by atoms with Crippen LogP contribution in [0, 0.1) is 0 Å². The fraction of sp³-hybridized carbons (Fsp3) is 0.562. The Balaban J connectivity index is 2.43. The van der Waals surface area contributed by atoms with Crippen molar-refractivity contribution in [2.75, 3.05) is 6.54 Å². The number of amides is 1. The molecule has 1 atom stereocenters. The Bertz CT molecular complexity index is 360. The van der Waals surface area contributed by atoms with Gasteiger partial charge in [0.25, 0.3) is 0 Å². The lowest BCUT2D eigenvalue weighted by Gasteiger charge is -2.19. The lowest BCUT2D eigenvalue weighted by atomic mass is 10.0. The van der Waals surface area contributed by atoms with Gasteiger partial charge < -0.3 is 10.6 Å². The number of carbonyl (C=O) groups excluding carboxylic acids is 1. The summed E-state index contributed by atoms with van der Waals surface area (Å²) in [6, 6.07) is 10.8. The van der Waals surface area contributed by atoms with Crippen molar-refractivity contribution in [2.45, 2.75) is 52.1 Å². The molecule has 1 aromatic rings. The molecule has 1 aromatic carbocycles. The molecule has 0 heterocycles. The fourth-order valence-electron chi connectivity index (χ4n) is 2.17. The van der Waals surface area contributed by atoms with Crippen LogP contribution in [0.4, 0.5) is 0 Å². The molecular weight excluding hydrogens is 236 g/mol. The molecule has 3 nitrogen and oxygen atoms in total. The molecule has 1 rings (SSSR count). The van der Waals surface area contributed by atoms with Gasteiger partial charge in [0.05, 0.1) is 6.54 Å². The number of hydrogen-bond donors (Lipinski definition) is 2. The highest BCUT2D eigenvalue weighted by atomic mass is 16.1. The zero-order valence-electron chi connectivity index (χ0n) is 12.3. The van der Waals surface area contributed by atoms with E-state index in [4.69, 9.17) is 0 Å². The molecule has 0 bridgehead atoms. The summed E-state index contributed by atoms with van der Waals surface area (Å²) in [7, 11) is 0. The first kappa shape index (κ1) is 15.7. The normalized spacial score (nSPS) is 12.4. The van der Waals surface area contributed by atoms with Crippen molar-refractivity contribution in [3.8, 4) is 0 Å². The maximum Gasteiger partial charge on any atom is 0.234 e. The van der Waals surface area contributed by atoms with Crippen LogP contribution in [-0.4, -0.2) is 18.5 Å². The van der Waals surface area contributed by atoms with Gasteiger partial charge in [-0.2, -0.15) is 0 Å². The summed E-state index contributed by atoms with van der Waals surface area (Å²) in [6.45, 7) is 6.70. The molecule has 1 unspecified atom stereocenters. The predicted molar refractivity (Wildman–Crippen MR) is 80.0 cm³/mol. The number of carbonyl (C=O) groups is 1. The lowest BCUT2D eigenvalue weighted by Crippen LogP contribution is -2.40. The van der Waals surface area contributed by atoms with E-state index < -0.39 is 0 Å². The minimum atomic E-state index is 0.0862. The Kier molecular flexibility index (Phi) is 7.19. The van der Waals surface area contributed by atoms with Crippen LogP contribution < -0.4 is 10.6 Å². The largest absolute Gasteiger partial charge is 0.352 e. The third-order valence-electron chi connectivity index (χ3n) is 3.47. The number of hydrogen-bond acceptors (Lipinski definition) is 2. The van der Waals surface area contributed by atoms with Crippen LogP contribution in [0.15, 0.2) is 30.3 Å². The van der Waals surface area contributed by atoms with Gasteiger partial charge in [0.1, 0.15) is 0 Å². The van der Waals surface area contributed by atoms with Crippen LogP contribution in [0.2, 0.25) is 0 Å². The molecule has 0 aromatic heterocycles. The second-order valence-corrected chi connectivity index (χ2v) is 4.83. The van der Waals surface area contributed by atoms with E-state index in [2.05, 4.69) is 43.5 Å². The lowest BCUT2D eigenvalue weighted by molar-refractivity contribution is -0.121. The van der Waals surface area contributed by atoms with Crippen molar-refractivity contribution < 1.29 is 4.79 Å². The van der Waals surface area contributed by atoms with Gasteiger partial charge >= 0.3 is 0 Å². The molecule has 2 N–H and O–H groups in total. The van der Waals surface area contributed by atoms with E-state index in [0.717, 1.165) is 19.3 Å². The molecule has 1 amide bonds. The molecule has 0 saturated heterocycles. The van der Waals surface area contributed by atoms with Gasteiger partial charge in [-0.3, -0.25) is 4.79 Å². The zero-order chi connectivity index (χ0) is 14.1. The highest BCUT2D eigenvalue weighted by Gasteiger charge is 2.12. The Morgan fingerprint density at radius 2 is 1.68 bits per heavy atom. The highest BCUT2D eigenvalue weighted by Crippen LogP contribution is 2.15. The first-order valence-corrected chi connectivity index (χ1v) is 7.28. The Labute approximate surface area is 116 Å². The summed E-state index contributed by atoms with van der Waals surface area (Å²) < 4.78 is 0. The van der Waals surface area contributed by atoms with Crippen molar-refractivity contribution in [3.63, 3.8) is 0 Å². The molecule has 19 heavy (non-hydrogen) atoms. The quantitative estimate of drug-likeness (QED) is 0.756. The molecule has 0 saturated carbocycles. The maximum absolute atomic E-state index is 11.8. The smallest absolute Gasteiger partial charge is 0.234 e. The Hall–Kier alpha value is -1.35. The molecular formula is C16H26N2O. The topological polar surface area (TPSA) is 41.1 Å². The molecule has 0 aliphatic rings. The Morgan fingerprint density at radius 3 is 2.21 bits per heavy atom. The van der Waals surface area contributed by atoms with Gasteiger partial charge in [-0.15, -0.1) is 0 Å². The minimum absolute atomic E-state index is 0.0862. The zero-order valence-corrected chi connectivity index (χ0v) is 12.3. The molecule has 3 heteroatoms. The second-order valence-electron chi connectivity index (χ2n) is 4.83. The number of rotatable bonds is 8. The first-order chi connectivity index (χ1) is 9.21. The maximum atomic E-state index is 11.8. The van der Waals surface area contributed by atoms with Crippen molar-refractivity contribution in [1.29, 1.82) is 0 Å². The van der Waals surface area contributed by atoms with Crippen molar-refractivity contribution in [3.05, 3.63) is 35.9 Å². The van der Waals surface area contributed by atoms with Crippen molar-refractivity contribution >= 4 is 5.91 Å². The molecule has 0 radical (unpaired) electrons. The summed E-state index contributed by atoms with van der Waals surface area (Å²) >= 11 is 0. The monoisotopic (exact) mass is 262 g/mol. The van der Waals surface area contributed by atoms with Gasteiger partial charge in [0.2, 0.25) is 5.91 Å². The third-order valence-corrected chi connectivity index (χ3v) is 3.47. The SMILES string of the molecule is CCC(CC)NC(=O)CNC(CC)c1ccccc1. The van der Waals surface area contributed by atoms with E-state index in [1.807, 2.05) is 18.2 Å². The minimum Gasteiger partial charge on any atom is -0.352 e. The Morgan fingerprint density at radius 1 is 1.05 bits per heavy atom. The first-order valence-electron chi connectivity index (χ1n) is 7.28. The molecule has 106 valence electrons. The predicted octanol–water partition coefficient (Wildman–Crippen LogP) is 3.03. The third kappa shape index (κ3) is 5.43. The van der Waals surface area contributed by atoms with Gasteiger partial charge in [0.15, 0.2) is 0 Å². The van der Waals surface area contributed by atoms with Gasteiger partial charge in [0, 0.05) is 12.1 Å². The summed E-state index contributed by atoms with van der Waals surface area (Å²) in [5.41, 5.74) is 1.24. The summed E-state index contributed by atoms with van der Waals surface area (Å²) in [5.74, 6) is 0.0862. The highest BCUT2D eigenvalue weighted by molar-refractivity contribution is 5.78. The van der Waals surface area contributed by atoms with Gasteiger partial charge in [-0.05, 0) is 24.8 Å². The van der Waals surface area contributed by atoms with Crippen LogP contribution in [0.25, 0.3) is 0 Å². The number of benzene rings is 1. The van der Waals surface area contributed by atoms with E-state index in [1.165, 1.54) is 5.56 Å². The van der Waals surface area contributed by atoms with E-state index >= 15 is 0 Å². The van der Waals surface area contributed by atoms with Crippen molar-refractivity contribution in [2.24, 2.45) is 0 Å². The average Bonchev–Trinajstić information content (AvgIpc) is 2.46.